The van der Waals surface area contributed by atoms with Crippen LogP contribution in [0.25, 0.3) is 0 Å². The summed E-state index contributed by atoms with van der Waals surface area (Å²) in [7, 11) is 0. The van der Waals surface area contributed by atoms with Crippen LogP contribution in [-0.4, -0.2) is 57.6 Å². The molecule has 1 heterocycles. The molecule has 0 aromatic heterocycles. The number of amides is 4. The summed E-state index contributed by atoms with van der Waals surface area (Å²) in [6, 6.07) is 12.8. The second-order valence-corrected chi connectivity index (χ2v) is 10.8. The quantitative estimate of drug-likeness (QED) is 0.352. The summed E-state index contributed by atoms with van der Waals surface area (Å²) in [4.78, 5) is 51.1. The van der Waals surface area contributed by atoms with Gasteiger partial charge in [0.1, 0.15) is 12.1 Å². The first-order valence-electron chi connectivity index (χ1n) is 11.1. The fraction of sp³-hybridized carbons (Fsp3) is 0.333. The number of hydrogen-bond donors (Lipinski definition) is 2. The molecule has 1 fully saturated rings. The molecule has 3 rings (SSSR count). The van der Waals surface area contributed by atoms with Gasteiger partial charge < -0.3 is 20.1 Å². The summed E-state index contributed by atoms with van der Waals surface area (Å²) in [5, 5.41) is 6.09. The van der Waals surface area contributed by atoms with Gasteiger partial charge in [0.2, 0.25) is 0 Å². The predicted molar refractivity (Wildman–Crippen MR) is 140 cm³/mol. The Bertz CT molecular complexity index is 1140. The Hall–Kier alpha value is -3.15. The van der Waals surface area contributed by atoms with Crippen molar-refractivity contribution in [2.75, 3.05) is 13.3 Å². The minimum Gasteiger partial charge on any atom is -0.444 e. The standard InChI is InChI=1S/C24H26Cl2N4O6S/c1-24(2,3)36-22(33)27-12-19(31)35-14-29-21(28-20(32)16-6-10-18(26)11-7-16)37-30(23(29)34)13-15-4-8-17(25)9-5-15/h4-11,21H,12-14H2,1-3H3,(H,27,33)(H,28,32). The Labute approximate surface area is 228 Å². The van der Waals surface area contributed by atoms with E-state index in [9.17, 15) is 19.2 Å². The molecule has 1 aliphatic rings. The molecule has 2 aromatic carbocycles. The number of benzene rings is 2. The average molecular weight is 569 g/mol. The van der Waals surface area contributed by atoms with Crippen LogP contribution < -0.4 is 10.6 Å². The monoisotopic (exact) mass is 568 g/mol. The van der Waals surface area contributed by atoms with Crippen molar-refractivity contribution in [2.24, 2.45) is 0 Å². The number of urea groups is 1. The van der Waals surface area contributed by atoms with Gasteiger partial charge in [-0.05, 0) is 62.7 Å². The predicted octanol–water partition coefficient (Wildman–Crippen LogP) is 4.62. The van der Waals surface area contributed by atoms with Crippen LogP contribution in [0.1, 0.15) is 36.7 Å². The molecule has 2 N–H and O–H groups in total. The highest BCUT2D eigenvalue weighted by molar-refractivity contribution is 7.98. The maximum absolute atomic E-state index is 13.1. The second-order valence-electron chi connectivity index (χ2n) is 8.85. The number of esters is 1. The molecule has 10 nitrogen and oxygen atoms in total. The van der Waals surface area contributed by atoms with Crippen LogP contribution >= 0.6 is 35.1 Å². The summed E-state index contributed by atoms with van der Waals surface area (Å²) in [6.45, 7) is 4.38. The number of rotatable bonds is 8. The van der Waals surface area contributed by atoms with Gasteiger partial charge in [-0.2, -0.15) is 0 Å². The van der Waals surface area contributed by atoms with Gasteiger partial charge in [0, 0.05) is 27.6 Å². The van der Waals surface area contributed by atoms with Crippen LogP contribution in [0.2, 0.25) is 10.0 Å². The van der Waals surface area contributed by atoms with E-state index in [1.54, 1.807) is 69.3 Å². The lowest BCUT2D eigenvalue weighted by Crippen LogP contribution is -2.46. The molecule has 0 spiro atoms. The third-order valence-corrected chi connectivity index (χ3v) is 6.33. The van der Waals surface area contributed by atoms with E-state index in [1.165, 1.54) is 9.21 Å². The maximum atomic E-state index is 13.1. The molecular weight excluding hydrogens is 543 g/mol. The van der Waals surface area contributed by atoms with Crippen molar-refractivity contribution >= 4 is 59.2 Å². The molecule has 0 bridgehead atoms. The Morgan fingerprint density at radius 1 is 1.00 bits per heavy atom. The normalized spacial score (nSPS) is 15.4. The zero-order valence-electron chi connectivity index (χ0n) is 20.3. The van der Waals surface area contributed by atoms with Crippen molar-refractivity contribution in [3.05, 3.63) is 69.7 Å². The fourth-order valence-corrected chi connectivity index (χ4v) is 4.34. The van der Waals surface area contributed by atoms with E-state index in [1.807, 2.05) is 0 Å². The van der Waals surface area contributed by atoms with Crippen LogP contribution in [0.5, 0.6) is 0 Å². The average Bonchev–Trinajstić information content (AvgIpc) is 3.10. The fourth-order valence-electron chi connectivity index (χ4n) is 3.00. The summed E-state index contributed by atoms with van der Waals surface area (Å²) in [5.74, 6) is -1.24. The van der Waals surface area contributed by atoms with Gasteiger partial charge in [0.05, 0.1) is 6.54 Å². The van der Waals surface area contributed by atoms with E-state index < -0.39 is 48.4 Å². The Morgan fingerprint density at radius 2 is 1.59 bits per heavy atom. The Morgan fingerprint density at radius 3 is 2.19 bits per heavy atom. The molecule has 198 valence electrons. The maximum Gasteiger partial charge on any atom is 0.408 e. The molecular formula is C24H26Cl2N4O6S. The smallest absolute Gasteiger partial charge is 0.408 e. The van der Waals surface area contributed by atoms with Gasteiger partial charge >= 0.3 is 18.1 Å². The highest BCUT2D eigenvalue weighted by atomic mass is 35.5. The molecule has 1 atom stereocenters. The van der Waals surface area contributed by atoms with Crippen molar-refractivity contribution in [1.29, 1.82) is 0 Å². The van der Waals surface area contributed by atoms with Crippen molar-refractivity contribution in [2.45, 2.75) is 38.4 Å². The molecule has 1 saturated heterocycles. The molecule has 1 unspecified atom stereocenters. The molecule has 4 amide bonds. The lowest BCUT2D eigenvalue weighted by molar-refractivity contribution is -0.146. The largest absolute Gasteiger partial charge is 0.444 e. The van der Waals surface area contributed by atoms with E-state index in [0.29, 0.717) is 15.6 Å². The van der Waals surface area contributed by atoms with Crippen LogP contribution in [0, 0.1) is 0 Å². The third-order valence-electron chi connectivity index (χ3n) is 4.71. The molecule has 13 heteroatoms. The highest BCUT2D eigenvalue weighted by Gasteiger charge is 2.40. The number of halogens is 2. The molecule has 0 saturated carbocycles. The van der Waals surface area contributed by atoms with E-state index >= 15 is 0 Å². The number of alkyl carbamates (subject to hydrolysis) is 1. The van der Waals surface area contributed by atoms with E-state index in [4.69, 9.17) is 32.7 Å². The first-order chi connectivity index (χ1) is 17.4. The van der Waals surface area contributed by atoms with Gasteiger partial charge in [0.25, 0.3) is 5.91 Å². The summed E-state index contributed by atoms with van der Waals surface area (Å²) in [6.07, 6.45) is -0.778. The number of ether oxygens (including phenoxy) is 2. The number of carbonyl (C=O) groups excluding carboxylic acids is 4. The molecule has 2 aromatic rings. The highest BCUT2D eigenvalue weighted by Crippen LogP contribution is 2.31. The van der Waals surface area contributed by atoms with Crippen molar-refractivity contribution in [1.82, 2.24) is 19.8 Å². The van der Waals surface area contributed by atoms with E-state index in [-0.39, 0.29) is 6.54 Å². The Balaban J connectivity index is 1.65. The lowest BCUT2D eigenvalue weighted by Gasteiger charge is -2.22. The number of nitrogens with zero attached hydrogens (tertiary/aromatic N) is 2. The number of nitrogens with one attached hydrogen (secondary N) is 2. The first kappa shape index (κ1) is 28.4. The van der Waals surface area contributed by atoms with Crippen LogP contribution in [0.4, 0.5) is 9.59 Å². The van der Waals surface area contributed by atoms with Crippen molar-refractivity contribution in [3.8, 4) is 0 Å². The van der Waals surface area contributed by atoms with Gasteiger partial charge in [-0.3, -0.25) is 18.8 Å². The van der Waals surface area contributed by atoms with Crippen molar-refractivity contribution < 1.29 is 28.7 Å². The molecule has 0 aliphatic carbocycles. The van der Waals surface area contributed by atoms with Gasteiger partial charge in [-0.25, -0.2) is 9.59 Å². The van der Waals surface area contributed by atoms with Crippen molar-refractivity contribution in [3.63, 3.8) is 0 Å². The van der Waals surface area contributed by atoms with Gasteiger partial charge in [0.15, 0.2) is 12.2 Å². The third kappa shape index (κ3) is 8.73. The zero-order chi connectivity index (χ0) is 27.2. The molecule has 37 heavy (non-hydrogen) atoms. The van der Waals surface area contributed by atoms with Crippen LogP contribution in [-0.2, 0) is 20.8 Å². The summed E-state index contributed by atoms with van der Waals surface area (Å²) in [5.41, 5.74) is -0.439. The van der Waals surface area contributed by atoms with Crippen LogP contribution in [0.3, 0.4) is 0 Å². The van der Waals surface area contributed by atoms with E-state index in [0.717, 1.165) is 17.5 Å². The molecule has 0 radical (unpaired) electrons. The molecule has 1 aliphatic heterocycles. The van der Waals surface area contributed by atoms with E-state index in [2.05, 4.69) is 10.6 Å². The van der Waals surface area contributed by atoms with Crippen LogP contribution in [0.15, 0.2) is 48.5 Å². The SMILES string of the molecule is CC(C)(C)OC(=O)NCC(=O)OCN1C(=O)N(Cc2ccc(Cl)cc2)SC1NC(=O)c1ccc(Cl)cc1. The number of carbonyl (C=O) groups is 4. The number of hydrogen-bond acceptors (Lipinski definition) is 7. The minimum atomic E-state index is -0.866. The summed E-state index contributed by atoms with van der Waals surface area (Å²) < 4.78 is 11.7. The Kier molecular flexibility index (Phi) is 9.52. The second kappa shape index (κ2) is 12.4. The topological polar surface area (TPSA) is 117 Å². The van der Waals surface area contributed by atoms with Gasteiger partial charge in [-0.15, -0.1) is 0 Å². The minimum absolute atomic E-state index is 0.221. The first-order valence-corrected chi connectivity index (χ1v) is 12.7. The summed E-state index contributed by atoms with van der Waals surface area (Å²) >= 11 is 12.9. The lowest BCUT2D eigenvalue weighted by atomic mass is 10.2. The van der Waals surface area contributed by atoms with Gasteiger partial charge in [-0.1, -0.05) is 35.3 Å². The zero-order valence-corrected chi connectivity index (χ0v) is 22.7.